The van der Waals surface area contributed by atoms with Crippen molar-refractivity contribution in [1.29, 1.82) is 0 Å². The van der Waals surface area contributed by atoms with E-state index in [2.05, 4.69) is 27.7 Å². The van der Waals surface area contributed by atoms with Crippen molar-refractivity contribution in [2.75, 3.05) is 13.1 Å². The van der Waals surface area contributed by atoms with Gasteiger partial charge in [-0.05, 0) is 58.4 Å². The molecule has 0 spiro atoms. The molecule has 0 N–H and O–H groups in total. The molecular formula is C36H40N2O2. The molecule has 0 aromatic heterocycles. The van der Waals surface area contributed by atoms with E-state index in [-0.39, 0.29) is 11.8 Å². The third-order valence-electron chi connectivity index (χ3n) is 7.30. The smallest absolute Gasteiger partial charge is 0.254 e. The van der Waals surface area contributed by atoms with E-state index in [0.29, 0.717) is 49.1 Å². The fourth-order valence-electron chi connectivity index (χ4n) is 4.74. The molecular weight excluding hydrogens is 492 g/mol. The number of nitrogens with zero attached hydrogens (tertiary/aromatic N) is 2. The van der Waals surface area contributed by atoms with Gasteiger partial charge in [0.15, 0.2) is 0 Å². The maximum Gasteiger partial charge on any atom is 0.254 e. The predicted octanol–water partition coefficient (Wildman–Crippen LogP) is 7.92. The fraction of sp³-hybridized carbons (Fsp3) is 0.278. The largest absolute Gasteiger partial charge is 0.333 e. The number of carbonyl (C=O) groups is 2. The van der Waals surface area contributed by atoms with Gasteiger partial charge in [-0.25, -0.2) is 0 Å². The van der Waals surface area contributed by atoms with Gasteiger partial charge in [0.25, 0.3) is 11.8 Å². The van der Waals surface area contributed by atoms with Crippen molar-refractivity contribution >= 4 is 11.8 Å². The van der Waals surface area contributed by atoms with Crippen LogP contribution in [0.1, 0.15) is 82.5 Å². The van der Waals surface area contributed by atoms with E-state index in [1.165, 1.54) is 11.1 Å². The second-order valence-corrected chi connectivity index (χ2v) is 11.0. The Morgan fingerprint density at radius 2 is 0.825 bits per heavy atom. The zero-order valence-electron chi connectivity index (χ0n) is 24.1. The normalized spacial score (nSPS) is 11.1. The van der Waals surface area contributed by atoms with Crippen LogP contribution in [0.25, 0.3) is 0 Å². The third-order valence-corrected chi connectivity index (χ3v) is 7.30. The van der Waals surface area contributed by atoms with Crippen molar-refractivity contribution < 1.29 is 9.59 Å². The number of amides is 2. The van der Waals surface area contributed by atoms with E-state index < -0.39 is 0 Å². The number of hydrogen-bond donors (Lipinski definition) is 0. The Hall–Kier alpha value is -4.18. The number of hydrogen-bond acceptors (Lipinski definition) is 2. The molecule has 206 valence electrons. The van der Waals surface area contributed by atoms with Gasteiger partial charge in [-0.3, -0.25) is 9.59 Å². The Kier molecular flexibility index (Phi) is 9.91. The first-order valence-corrected chi connectivity index (χ1v) is 14.2. The van der Waals surface area contributed by atoms with Crippen LogP contribution in [0.2, 0.25) is 0 Å². The SMILES string of the molecule is CC(C)c1ccc(C(=O)N(CCN(Cc2ccccc2)C(=O)c2ccc(C(C)C)cc2)Cc2ccccc2)cc1. The van der Waals surface area contributed by atoms with Crippen LogP contribution in [0.4, 0.5) is 0 Å². The molecule has 4 aromatic carbocycles. The topological polar surface area (TPSA) is 40.6 Å². The van der Waals surface area contributed by atoms with Gasteiger partial charge in [-0.2, -0.15) is 0 Å². The Morgan fingerprint density at radius 3 is 1.12 bits per heavy atom. The van der Waals surface area contributed by atoms with Crippen LogP contribution >= 0.6 is 0 Å². The lowest BCUT2D eigenvalue weighted by atomic mass is 10.0. The predicted molar refractivity (Wildman–Crippen MR) is 163 cm³/mol. The first-order chi connectivity index (χ1) is 19.3. The average Bonchev–Trinajstić information content (AvgIpc) is 2.99. The van der Waals surface area contributed by atoms with Crippen LogP contribution in [0.5, 0.6) is 0 Å². The minimum Gasteiger partial charge on any atom is -0.333 e. The summed E-state index contributed by atoms with van der Waals surface area (Å²) in [5.74, 6) is 0.730. The Balaban J connectivity index is 1.59. The van der Waals surface area contributed by atoms with E-state index in [1.54, 1.807) is 0 Å². The molecule has 0 bridgehead atoms. The van der Waals surface area contributed by atoms with Crippen molar-refractivity contribution in [3.63, 3.8) is 0 Å². The molecule has 4 heteroatoms. The molecule has 0 saturated carbocycles. The zero-order valence-corrected chi connectivity index (χ0v) is 24.1. The molecule has 40 heavy (non-hydrogen) atoms. The zero-order chi connectivity index (χ0) is 28.5. The molecule has 0 heterocycles. The Bertz CT molecular complexity index is 1250. The quantitative estimate of drug-likeness (QED) is 0.197. The van der Waals surface area contributed by atoms with Gasteiger partial charge >= 0.3 is 0 Å². The number of rotatable bonds is 11. The van der Waals surface area contributed by atoms with Crippen molar-refractivity contribution in [3.8, 4) is 0 Å². The summed E-state index contributed by atoms with van der Waals surface area (Å²) in [7, 11) is 0. The lowest BCUT2D eigenvalue weighted by Gasteiger charge is -2.29. The van der Waals surface area contributed by atoms with Crippen molar-refractivity contribution in [2.24, 2.45) is 0 Å². The lowest BCUT2D eigenvalue weighted by molar-refractivity contribution is 0.0644. The summed E-state index contributed by atoms with van der Waals surface area (Å²) in [6.07, 6.45) is 0. The second kappa shape index (κ2) is 13.7. The molecule has 0 aliphatic heterocycles. The second-order valence-electron chi connectivity index (χ2n) is 11.0. The third kappa shape index (κ3) is 7.69. The number of benzene rings is 4. The average molecular weight is 533 g/mol. The van der Waals surface area contributed by atoms with Crippen molar-refractivity contribution in [2.45, 2.75) is 52.6 Å². The molecule has 0 aliphatic carbocycles. The summed E-state index contributed by atoms with van der Waals surface area (Å²) < 4.78 is 0. The summed E-state index contributed by atoms with van der Waals surface area (Å²) >= 11 is 0. The standard InChI is InChI=1S/C36H40N2O2/c1-27(2)31-15-19-33(20-16-31)35(39)37(25-29-11-7-5-8-12-29)23-24-38(26-30-13-9-6-10-14-30)36(40)34-21-17-32(18-22-34)28(3)4/h5-22,27-28H,23-26H2,1-4H3. The van der Waals surface area contributed by atoms with E-state index in [1.807, 2.05) is 119 Å². The van der Waals surface area contributed by atoms with Crippen molar-refractivity contribution in [3.05, 3.63) is 143 Å². The summed E-state index contributed by atoms with van der Waals surface area (Å²) in [4.78, 5) is 31.2. The number of carbonyl (C=O) groups excluding carboxylic acids is 2. The van der Waals surface area contributed by atoms with Crippen LogP contribution in [-0.2, 0) is 13.1 Å². The molecule has 4 nitrogen and oxygen atoms in total. The van der Waals surface area contributed by atoms with E-state index in [4.69, 9.17) is 0 Å². The maximum absolute atomic E-state index is 13.8. The van der Waals surface area contributed by atoms with Crippen LogP contribution in [-0.4, -0.2) is 34.7 Å². The monoisotopic (exact) mass is 532 g/mol. The van der Waals surface area contributed by atoms with Crippen LogP contribution < -0.4 is 0 Å². The summed E-state index contributed by atoms with van der Waals surface area (Å²) in [5, 5.41) is 0. The highest BCUT2D eigenvalue weighted by atomic mass is 16.2. The van der Waals surface area contributed by atoms with Crippen LogP contribution in [0.3, 0.4) is 0 Å². The van der Waals surface area contributed by atoms with Gasteiger partial charge in [0.1, 0.15) is 0 Å². The maximum atomic E-state index is 13.8. The van der Waals surface area contributed by atoms with Gasteiger partial charge in [-0.1, -0.05) is 113 Å². The van der Waals surface area contributed by atoms with Gasteiger partial charge in [0, 0.05) is 37.3 Å². The van der Waals surface area contributed by atoms with Gasteiger partial charge in [-0.15, -0.1) is 0 Å². The molecule has 0 fully saturated rings. The Labute approximate surface area is 239 Å². The van der Waals surface area contributed by atoms with Gasteiger partial charge < -0.3 is 9.80 Å². The van der Waals surface area contributed by atoms with Crippen LogP contribution in [0.15, 0.2) is 109 Å². The van der Waals surface area contributed by atoms with Gasteiger partial charge in [0.05, 0.1) is 0 Å². The molecule has 0 saturated heterocycles. The lowest BCUT2D eigenvalue weighted by Crippen LogP contribution is -2.40. The van der Waals surface area contributed by atoms with Crippen LogP contribution in [0, 0.1) is 0 Å². The molecule has 0 radical (unpaired) electrons. The fourth-order valence-corrected chi connectivity index (χ4v) is 4.74. The minimum absolute atomic E-state index is 0.0347. The Morgan fingerprint density at radius 1 is 0.500 bits per heavy atom. The minimum atomic E-state index is -0.0347. The molecule has 2 amide bonds. The van der Waals surface area contributed by atoms with Gasteiger partial charge in [0.2, 0.25) is 0 Å². The summed E-state index contributed by atoms with van der Waals surface area (Å²) in [6.45, 7) is 10.4. The summed E-state index contributed by atoms with van der Waals surface area (Å²) in [5.41, 5.74) is 5.83. The molecule has 0 unspecified atom stereocenters. The highest BCUT2D eigenvalue weighted by Gasteiger charge is 2.21. The molecule has 4 aromatic rings. The molecule has 4 rings (SSSR count). The molecule has 0 aliphatic rings. The first kappa shape index (κ1) is 28.8. The summed E-state index contributed by atoms with van der Waals surface area (Å²) in [6, 6.07) is 35.8. The van der Waals surface area contributed by atoms with E-state index >= 15 is 0 Å². The first-order valence-electron chi connectivity index (χ1n) is 14.2. The molecule has 0 atom stereocenters. The highest BCUT2D eigenvalue weighted by molar-refractivity contribution is 5.95. The van der Waals surface area contributed by atoms with Crippen molar-refractivity contribution in [1.82, 2.24) is 9.80 Å². The highest BCUT2D eigenvalue weighted by Crippen LogP contribution is 2.19. The van der Waals surface area contributed by atoms with E-state index in [9.17, 15) is 9.59 Å². The van der Waals surface area contributed by atoms with E-state index in [0.717, 1.165) is 11.1 Å².